The van der Waals surface area contributed by atoms with E-state index in [0.29, 0.717) is 42.0 Å². The number of piperazine rings is 2. The molecular weight excluding hydrogens is 959 g/mol. The summed E-state index contributed by atoms with van der Waals surface area (Å²) < 4.78 is 240. The van der Waals surface area contributed by atoms with Crippen molar-refractivity contribution in [3.8, 4) is 6.07 Å². The molecule has 0 spiro atoms. The zero-order chi connectivity index (χ0) is 49.6. The number of hydrogen-bond donors (Lipinski definition) is 1. The minimum atomic E-state index is -5.94. The van der Waals surface area contributed by atoms with E-state index in [2.05, 4.69) is 0 Å². The molecule has 2 aliphatic rings. The first kappa shape index (κ1) is 51.7. The molecule has 2 N–H and O–H groups in total. The van der Waals surface area contributed by atoms with Crippen LogP contribution in [0.4, 0.5) is 72.8 Å². The summed E-state index contributed by atoms with van der Waals surface area (Å²) in [5.41, 5.74) is -4.06. The molecule has 0 unspecified atom stereocenters. The first-order valence-electron chi connectivity index (χ1n) is 19.0. The highest BCUT2D eigenvalue weighted by atomic mass is 32.2. The predicted octanol–water partition coefficient (Wildman–Crippen LogP) is 8.64. The van der Waals surface area contributed by atoms with Crippen molar-refractivity contribution < 1.29 is 78.3 Å². The molecule has 26 heteroatoms. The zero-order valence-electron chi connectivity index (χ0n) is 34.0. The van der Waals surface area contributed by atoms with Gasteiger partial charge in [-0.15, -0.1) is 0 Å². The molecule has 0 radical (unpaired) electrons. The van der Waals surface area contributed by atoms with Gasteiger partial charge in [0.15, 0.2) is 0 Å². The number of nitrogens with two attached hydrogens (primary N) is 1. The monoisotopic (exact) mass is 994 g/mol. The Balaban J connectivity index is 0.000000255. The molecule has 6 rings (SSSR count). The molecule has 4 aromatic rings. The van der Waals surface area contributed by atoms with E-state index in [-0.39, 0.29) is 55.5 Å². The van der Waals surface area contributed by atoms with Crippen LogP contribution in [0.1, 0.15) is 36.1 Å². The Morgan fingerprint density at radius 2 is 0.909 bits per heavy atom. The molecule has 2 atom stereocenters. The summed E-state index contributed by atoms with van der Waals surface area (Å²) in [5, 5.41) is 8.84. The molecule has 0 aliphatic carbocycles. The largest absolute Gasteiger partial charge is 0.419 e. The average molecular weight is 995 g/mol. The van der Waals surface area contributed by atoms with Crippen molar-refractivity contribution in [3.05, 3.63) is 119 Å². The Morgan fingerprint density at radius 1 is 0.561 bits per heavy atom. The predicted molar refractivity (Wildman–Crippen MR) is 210 cm³/mol. The van der Waals surface area contributed by atoms with Gasteiger partial charge in [-0.25, -0.2) is 25.6 Å². The van der Waals surface area contributed by atoms with Crippen molar-refractivity contribution in [2.24, 2.45) is 5.73 Å². The van der Waals surface area contributed by atoms with Gasteiger partial charge in [-0.2, -0.15) is 66.6 Å². The van der Waals surface area contributed by atoms with Gasteiger partial charge in [-0.3, -0.25) is 0 Å². The van der Waals surface area contributed by atoms with E-state index >= 15 is 0 Å². The van der Waals surface area contributed by atoms with Crippen LogP contribution in [0.5, 0.6) is 0 Å². The summed E-state index contributed by atoms with van der Waals surface area (Å²) in [6.45, 7) is 2.07. The second-order valence-electron chi connectivity index (χ2n) is 15.1. The number of rotatable bonds is 7. The van der Waals surface area contributed by atoms with Crippen LogP contribution in [0.15, 0.2) is 94.7 Å². The quantitative estimate of drug-likeness (QED) is 0.182. The lowest BCUT2D eigenvalue weighted by Crippen LogP contribution is -2.60. The lowest BCUT2D eigenvalue weighted by Gasteiger charge is -2.41. The minimum absolute atomic E-state index is 0.00885. The van der Waals surface area contributed by atoms with E-state index in [1.807, 2.05) is 6.07 Å². The van der Waals surface area contributed by atoms with E-state index in [9.17, 15) is 78.3 Å². The van der Waals surface area contributed by atoms with Crippen LogP contribution < -0.4 is 15.5 Å². The Hall–Kier alpha value is -5.23. The van der Waals surface area contributed by atoms with Gasteiger partial charge in [0.1, 0.15) is 11.6 Å². The van der Waals surface area contributed by atoms with Gasteiger partial charge >= 0.3 is 24.7 Å². The number of halogens is 14. The second-order valence-corrected chi connectivity index (χ2v) is 18.9. The van der Waals surface area contributed by atoms with Gasteiger partial charge in [0.2, 0.25) is 25.6 Å². The molecule has 2 saturated heterocycles. The fraction of sp³-hybridized carbons (Fsp3) is 0.375. The summed E-state index contributed by atoms with van der Waals surface area (Å²) in [6.07, 6.45) is -21.5. The normalized spacial score (nSPS) is 18.7. The third-order valence-electron chi connectivity index (χ3n) is 10.7. The molecule has 0 aromatic heterocycles. The number of alkyl halides is 12. The fourth-order valence-corrected chi connectivity index (χ4v) is 10.6. The van der Waals surface area contributed by atoms with Crippen LogP contribution in [0.25, 0.3) is 0 Å². The third kappa shape index (κ3) is 10.5. The molecule has 66 heavy (non-hydrogen) atoms. The lowest BCUT2D eigenvalue weighted by atomic mass is 9.89. The van der Waals surface area contributed by atoms with E-state index in [4.69, 9.17) is 11.0 Å². The van der Waals surface area contributed by atoms with E-state index in [1.54, 1.807) is 6.92 Å². The Labute approximate surface area is 368 Å². The molecule has 10 nitrogen and oxygen atoms in total. The summed E-state index contributed by atoms with van der Waals surface area (Å²) in [5.74, 6) is -2.11. The maximum atomic E-state index is 13.4. The van der Waals surface area contributed by atoms with Crippen LogP contribution in [0, 0.1) is 23.0 Å². The smallest absolute Gasteiger partial charge is 0.368 e. The molecule has 0 bridgehead atoms. The molecule has 2 fully saturated rings. The Kier molecular flexibility index (Phi) is 14.5. The number of benzene rings is 4. The highest BCUT2D eigenvalue weighted by Crippen LogP contribution is 2.48. The maximum absolute atomic E-state index is 13.4. The van der Waals surface area contributed by atoms with Crippen molar-refractivity contribution in [1.29, 1.82) is 5.26 Å². The van der Waals surface area contributed by atoms with Crippen molar-refractivity contribution in [2.45, 2.75) is 66.0 Å². The summed E-state index contributed by atoms with van der Waals surface area (Å²) in [6, 6.07) is 12.0. The van der Waals surface area contributed by atoms with Gasteiger partial charge < -0.3 is 15.5 Å². The summed E-state index contributed by atoms with van der Waals surface area (Å²) >= 11 is 0. The number of hydrogen-bond acceptors (Lipinski definition) is 8. The van der Waals surface area contributed by atoms with E-state index < -0.39 is 95.6 Å². The van der Waals surface area contributed by atoms with Crippen LogP contribution in [0.3, 0.4) is 0 Å². The average Bonchev–Trinajstić information content (AvgIpc) is 3.22. The van der Waals surface area contributed by atoms with Gasteiger partial charge in [0.25, 0.3) is 0 Å². The van der Waals surface area contributed by atoms with Crippen LogP contribution >= 0.6 is 0 Å². The fourth-order valence-electron chi connectivity index (χ4n) is 7.41. The first-order valence-corrected chi connectivity index (χ1v) is 21.9. The second kappa shape index (κ2) is 18.5. The lowest BCUT2D eigenvalue weighted by molar-refractivity contribution is -0.301. The highest BCUT2D eigenvalue weighted by Gasteiger charge is 2.69. The van der Waals surface area contributed by atoms with E-state index in [1.165, 1.54) is 45.3 Å². The summed E-state index contributed by atoms with van der Waals surface area (Å²) in [7, 11) is -8.35. The molecule has 4 aromatic carbocycles. The van der Waals surface area contributed by atoms with Crippen molar-refractivity contribution in [3.63, 3.8) is 0 Å². The molecule has 360 valence electrons. The van der Waals surface area contributed by atoms with Crippen LogP contribution in [-0.4, -0.2) is 89.2 Å². The van der Waals surface area contributed by atoms with Crippen molar-refractivity contribution in [1.82, 2.24) is 8.61 Å². The molecule has 0 amide bonds. The standard InChI is InChI=1S/C21H19F10N3O2S.C19H17F4N3O2S/c1-12-11-33(17-7-4-14(22)10-16(17)19(23,24)25)8-9-34(12)37(35,36)15-5-2-13(3-6-15)18(32,20(26,27)28)21(29,30)31;1-13-12-25(18-7-4-15(20)10-17(18)19(21,22)23)8-9-26(13)29(27,28)16-5-2-14(11-24)3-6-16/h2-7,10,12H,8-9,11,32H2,1H3;2-7,10,13H,8-9,12H2,1H3/t12-;13-/m11/s1. The SMILES string of the molecule is C[C@@H]1CN(c2ccc(F)cc2C(F)(F)F)CCN1S(=O)(=O)c1ccc(C#N)cc1.C[C@@H]1CN(c2ccc(F)cc2C(F)(F)F)CCN1S(=O)(=O)c1ccc(C(N)(C(F)(F)F)C(F)(F)F)cc1. The number of nitrogens with zero attached hydrogens (tertiary/aromatic N) is 5. The summed E-state index contributed by atoms with van der Waals surface area (Å²) in [4.78, 5) is 1.99. The van der Waals surface area contributed by atoms with E-state index in [0.717, 1.165) is 28.6 Å². The van der Waals surface area contributed by atoms with Gasteiger partial charge in [0.05, 0.1) is 32.6 Å². The molecular formula is C40H36F14N6O4S2. The highest BCUT2D eigenvalue weighted by molar-refractivity contribution is 7.89. The van der Waals surface area contributed by atoms with Crippen LogP contribution in [-0.2, 0) is 37.9 Å². The van der Waals surface area contributed by atoms with Gasteiger partial charge in [-0.05, 0) is 92.2 Å². The minimum Gasteiger partial charge on any atom is -0.368 e. The third-order valence-corrected chi connectivity index (χ3v) is 14.8. The van der Waals surface area contributed by atoms with Gasteiger partial charge in [-0.1, -0.05) is 12.1 Å². The van der Waals surface area contributed by atoms with Crippen molar-refractivity contribution >= 4 is 31.4 Å². The Morgan fingerprint density at radius 3 is 1.21 bits per heavy atom. The number of anilines is 2. The molecule has 2 aliphatic heterocycles. The zero-order valence-corrected chi connectivity index (χ0v) is 35.7. The van der Waals surface area contributed by atoms with Crippen LogP contribution in [0.2, 0.25) is 0 Å². The first-order chi connectivity index (χ1) is 30.2. The van der Waals surface area contributed by atoms with Crippen molar-refractivity contribution in [2.75, 3.05) is 49.1 Å². The van der Waals surface area contributed by atoms with Gasteiger partial charge in [0, 0.05) is 62.7 Å². The topological polar surface area (TPSA) is 131 Å². The number of sulfonamides is 2. The molecule has 2 heterocycles. The molecule has 0 saturated carbocycles. The maximum Gasteiger partial charge on any atom is 0.419 e. The number of nitriles is 1. The Bertz CT molecular complexity index is 2640.